The molecular formula is C21H24ClNO5S. The van der Waals surface area contributed by atoms with Gasteiger partial charge >= 0.3 is 5.97 Å². The maximum absolute atomic E-state index is 12.9. The number of halogens is 1. The minimum atomic E-state index is -3.60. The lowest BCUT2D eigenvalue weighted by atomic mass is 9.98. The first-order valence-electron chi connectivity index (χ1n) is 9.52. The molecule has 0 saturated carbocycles. The smallest absolute Gasteiger partial charge is 0.314 e. The molecule has 0 aromatic heterocycles. The van der Waals surface area contributed by atoms with E-state index in [9.17, 15) is 13.2 Å². The average molecular weight is 438 g/mol. The number of esters is 1. The standard InChI is InChI=1S/C21H24ClNO5S/c1-3-27-18-5-7-19(8-6-18)29(25,26)23-12-10-16(11-13-23)21(24)28-20-9-4-17(22)14-15(20)2/h4-9,14,16H,3,10-13H2,1-2H3. The van der Waals surface area contributed by atoms with Gasteiger partial charge in [0.25, 0.3) is 0 Å². The highest BCUT2D eigenvalue weighted by atomic mass is 35.5. The number of aryl methyl sites for hydroxylation is 1. The number of ether oxygens (including phenoxy) is 2. The second kappa shape index (κ2) is 9.15. The highest BCUT2D eigenvalue weighted by Crippen LogP contribution is 2.28. The largest absolute Gasteiger partial charge is 0.494 e. The number of rotatable bonds is 6. The average Bonchev–Trinajstić information content (AvgIpc) is 2.71. The normalized spacial score (nSPS) is 15.8. The molecule has 2 aromatic carbocycles. The van der Waals surface area contributed by atoms with Crippen molar-refractivity contribution in [1.29, 1.82) is 0 Å². The molecule has 1 saturated heterocycles. The third-order valence-corrected chi connectivity index (χ3v) is 7.06. The first-order chi connectivity index (χ1) is 13.8. The van der Waals surface area contributed by atoms with E-state index >= 15 is 0 Å². The molecule has 0 unspecified atom stereocenters. The van der Waals surface area contributed by atoms with Crippen LogP contribution in [0.2, 0.25) is 5.02 Å². The number of benzene rings is 2. The summed E-state index contributed by atoms with van der Waals surface area (Å²) in [5.41, 5.74) is 0.779. The number of piperidine rings is 1. The minimum Gasteiger partial charge on any atom is -0.494 e. The van der Waals surface area contributed by atoms with Crippen molar-refractivity contribution in [2.24, 2.45) is 5.92 Å². The molecule has 1 heterocycles. The fraction of sp³-hybridized carbons (Fsp3) is 0.381. The minimum absolute atomic E-state index is 0.221. The summed E-state index contributed by atoms with van der Waals surface area (Å²) in [6, 6.07) is 11.5. The Hall–Kier alpha value is -2.09. The maximum Gasteiger partial charge on any atom is 0.314 e. The van der Waals surface area contributed by atoms with Crippen LogP contribution in [-0.2, 0) is 14.8 Å². The number of sulfonamides is 1. The highest BCUT2D eigenvalue weighted by molar-refractivity contribution is 7.89. The lowest BCUT2D eigenvalue weighted by Gasteiger charge is -2.30. The summed E-state index contributed by atoms with van der Waals surface area (Å²) in [5.74, 6) is 0.430. The van der Waals surface area contributed by atoms with Gasteiger partial charge in [0, 0.05) is 18.1 Å². The van der Waals surface area contributed by atoms with Gasteiger partial charge < -0.3 is 9.47 Å². The molecule has 0 bridgehead atoms. The molecule has 8 heteroatoms. The van der Waals surface area contributed by atoms with E-state index in [1.807, 2.05) is 13.8 Å². The summed E-state index contributed by atoms with van der Waals surface area (Å²) < 4.78 is 38.0. The highest BCUT2D eigenvalue weighted by Gasteiger charge is 2.33. The van der Waals surface area contributed by atoms with Gasteiger partial charge in [0.1, 0.15) is 11.5 Å². The number of carbonyl (C=O) groups excluding carboxylic acids is 1. The molecule has 2 aromatic rings. The molecule has 0 aliphatic carbocycles. The van der Waals surface area contributed by atoms with Crippen molar-refractivity contribution < 1.29 is 22.7 Å². The molecule has 6 nitrogen and oxygen atoms in total. The van der Waals surface area contributed by atoms with Gasteiger partial charge in [-0.25, -0.2) is 8.42 Å². The molecule has 0 atom stereocenters. The summed E-state index contributed by atoms with van der Waals surface area (Å²) in [6.45, 7) is 4.75. The van der Waals surface area contributed by atoms with Gasteiger partial charge in [-0.15, -0.1) is 0 Å². The summed E-state index contributed by atoms with van der Waals surface area (Å²) in [7, 11) is -3.60. The topological polar surface area (TPSA) is 72.9 Å². The summed E-state index contributed by atoms with van der Waals surface area (Å²) in [4.78, 5) is 12.7. The Labute approximate surface area is 176 Å². The van der Waals surface area contributed by atoms with Crippen molar-refractivity contribution in [2.45, 2.75) is 31.6 Å². The quantitative estimate of drug-likeness (QED) is 0.503. The lowest BCUT2D eigenvalue weighted by molar-refractivity contribution is -0.140. The zero-order valence-electron chi connectivity index (χ0n) is 16.4. The lowest BCUT2D eigenvalue weighted by Crippen LogP contribution is -2.41. The van der Waals surface area contributed by atoms with Gasteiger partial charge in [0.2, 0.25) is 10.0 Å². The fourth-order valence-electron chi connectivity index (χ4n) is 3.27. The SMILES string of the molecule is CCOc1ccc(S(=O)(=O)N2CCC(C(=O)Oc3ccc(Cl)cc3C)CC2)cc1. The van der Waals surface area contributed by atoms with E-state index in [2.05, 4.69) is 0 Å². The summed E-state index contributed by atoms with van der Waals surface area (Å²) in [6.07, 6.45) is 0.837. The van der Waals surface area contributed by atoms with Crippen LogP contribution in [0.4, 0.5) is 0 Å². The van der Waals surface area contributed by atoms with E-state index in [0.29, 0.717) is 36.0 Å². The van der Waals surface area contributed by atoms with Crippen LogP contribution in [0.5, 0.6) is 11.5 Å². The van der Waals surface area contributed by atoms with E-state index in [4.69, 9.17) is 21.1 Å². The fourth-order valence-corrected chi connectivity index (χ4v) is 4.97. The van der Waals surface area contributed by atoms with Gasteiger partial charge in [0.15, 0.2) is 0 Å². The van der Waals surface area contributed by atoms with Crippen molar-refractivity contribution in [2.75, 3.05) is 19.7 Å². The predicted molar refractivity (Wildman–Crippen MR) is 111 cm³/mol. The Morgan fingerprint density at radius 1 is 1.14 bits per heavy atom. The van der Waals surface area contributed by atoms with Crippen LogP contribution in [0.15, 0.2) is 47.4 Å². The number of nitrogens with zero attached hydrogens (tertiary/aromatic N) is 1. The molecule has 1 aliphatic rings. The first-order valence-corrected chi connectivity index (χ1v) is 11.3. The Bertz CT molecular complexity index is 967. The second-order valence-electron chi connectivity index (χ2n) is 6.91. The Morgan fingerprint density at radius 3 is 2.38 bits per heavy atom. The zero-order chi connectivity index (χ0) is 21.0. The van der Waals surface area contributed by atoms with E-state index < -0.39 is 10.0 Å². The number of hydrogen-bond acceptors (Lipinski definition) is 5. The number of carbonyl (C=O) groups is 1. The molecule has 156 valence electrons. The van der Waals surface area contributed by atoms with Crippen LogP contribution < -0.4 is 9.47 Å². The monoisotopic (exact) mass is 437 g/mol. The van der Waals surface area contributed by atoms with Gasteiger partial charge in [0.05, 0.1) is 17.4 Å². The van der Waals surface area contributed by atoms with Crippen molar-refractivity contribution in [3.05, 3.63) is 53.1 Å². The van der Waals surface area contributed by atoms with Crippen molar-refractivity contribution in [3.63, 3.8) is 0 Å². The van der Waals surface area contributed by atoms with Crippen LogP contribution >= 0.6 is 11.6 Å². The van der Waals surface area contributed by atoms with Crippen LogP contribution in [0.25, 0.3) is 0 Å². The van der Waals surface area contributed by atoms with Crippen molar-refractivity contribution >= 4 is 27.6 Å². The molecular weight excluding hydrogens is 414 g/mol. The van der Waals surface area contributed by atoms with Crippen molar-refractivity contribution in [1.82, 2.24) is 4.31 Å². The van der Waals surface area contributed by atoms with Crippen LogP contribution in [-0.4, -0.2) is 38.4 Å². The zero-order valence-corrected chi connectivity index (χ0v) is 18.0. The van der Waals surface area contributed by atoms with E-state index in [1.165, 1.54) is 4.31 Å². The second-order valence-corrected chi connectivity index (χ2v) is 9.29. The molecule has 3 rings (SSSR count). The summed E-state index contributed by atoms with van der Waals surface area (Å²) in [5, 5.41) is 0.579. The molecule has 0 amide bonds. The van der Waals surface area contributed by atoms with Gasteiger partial charge in [-0.2, -0.15) is 4.31 Å². The van der Waals surface area contributed by atoms with Crippen molar-refractivity contribution in [3.8, 4) is 11.5 Å². The third kappa shape index (κ3) is 5.10. The molecule has 0 spiro atoms. The van der Waals surface area contributed by atoms with Crippen LogP contribution in [0, 0.1) is 12.8 Å². The van der Waals surface area contributed by atoms with E-state index in [-0.39, 0.29) is 29.9 Å². The van der Waals surface area contributed by atoms with E-state index in [0.717, 1.165) is 5.56 Å². The molecule has 0 N–H and O–H groups in total. The van der Waals surface area contributed by atoms with E-state index in [1.54, 1.807) is 42.5 Å². The maximum atomic E-state index is 12.9. The number of hydrogen-bond donors (Lipinski definition) is 0. The molecule has 1 fully saturated rings. The first kappa shape index (κ1) is 21.6. The molecule has 1 aliphatic heterocycles. The Kier molecular flexibility index (Phi) is 6.82. The predicted octanol–water partition coefficient (Wildman–Crippen LogP) is 4.05. The van der Waals surface area contributed by atoms with Crippen LogP contribution in [0.1, 0.15) is 25.3 Å². The Balaban J connectivity index is 1.61. The molecule has 29 heavy (non-hydrogen) atoms. The van der Waals surface area contributed by atoms with Gasteiger partial charge in [-0.05, 0) is 74.7 Å². The van der Waals surface area contributed by atoms with Gasteiger partial charge in [-0.1, -0.05) is 11.6 Å². The molecule has 0 radical (unpaired) electrons. The third-order valence-electron chi connectivity index (χ3n) is 4.91. The van der Waals surface area contributed by atoms with Gasteiger partial charge in [-0.3, -0.25) is 4.79 Å². The van der Waals surface area contributed by atoms with Crippen LogP contribution in [0.3, 0.4) is 0 Å². The Morgan fingerprint density at radius 2 is 1.79 bits per heavy atom. The summed E-state index contributed by atoms with van der Waals surface area (Å²) >= 11 is 5.93.